The third-order valence-electron chi connectivity index (χ3n) is 13.3. The zero-order chi connectivity index (χ0) is 42.1. The van der Waals surface area contributed by atoms with Crippen LogP contribution in [0.15, 0.2) is 231 Å². The van der Waals surface area contributed by atoms with Crippen LogP contribution in [-0.4, -0.2) is 4.57 Å². The van der Waals surface area contributed by atoms with Crippen molar-refractivity contribution in [3.63, 3.8) is 0 Å². The summed E-state index contributed by atoms with van der Waals surface area (Å²) in [5.74, 6) is -0.239. The Bertz CT molecular complexity index is 3500. The van der Waals surface area contributed by atoms with E-state index in [0.29, 0.717) is 0 Å². The van der Waals surface area contributed by atoms with Gasteiger partial charge in [-0.1, -0.05) is 152 Å². The van der Waals surface area contributed by atoms with Crippen LogP contribution in [0.2, 0.25) is 0 Å². The highest BCUT2D eigenvalue weighted by atomic mass is 19.1. The Kier molecular flexibility index (Phi) is 8.52. The minimum atomic E-state index is -0.343. The van der Waals surface area contributed by atoms with E-state index < -0.39 is 0 Å². The number of fused-ring (bicyclic) bond motifs is 7. The van der Waals surface area contributed by atoms with Crippen molar-refractivity contribution in [1.29, 1.82) is 0 Å². The van der Waals surface area contributed by atoms with Gasteiger partial charge in [0.05, 0.1) is 11.0 Å². The summed E-state index contributed by atoms with van der Waals surface area (Å²) in [4.78, 5) is 2.36. The lowest BCUT2D eigenvalue weighted by Crippen LogP contribution is -2.23. The van der Waals surface area contributed by atoms with E-state index in [1.165, 1.54) is 72.5 Å². The molecule has 1 aromatic heterocycles. The van der Waals surface area contributed by atoms with Gasteiger partial charge >= 0.3 is 0 Å². The van der Waals surface area contributed by atoms with Gasteiger partial charge in [0.25, 0.3) is 0 Å². The van der Waals surface area contributed by atoms with Crippen LogP contribution in [0.1, 0.15) is 23.6 Å². The topological polar surface area (TPSA) is 8.17 Å². The maximum atomic E-state index is 13.9. The molecule has 0 radical (unpaired) electrons. The van der Waals surface area contributed by atoms with E-state index in [2.05, 4.69) is 223 Å². The molecule has 3 heteroatoms. The molecule has 2 nitrogen and oxygen atoms in total. The van der Waals surface area contributed by atoms with Crippen molar-refractivity contribution in [3.05, 3.63) is 253 Å². The molecule has 0 saturated heterocycles. The standard InChI is InChI=1S/C60H41FN2/c1-60(56-21-7-4-18-52(56)53-19-5-8-22-57(53)60)46-15-11-17-50(39-46)62(48-32-26-42(27-33-48)41-24-30-47(61)31-25-41)49-16-10-14-44(37-49)45-29-35-59-55(38-45)54-20-6-9-23-58(54)63(59)51-34-28-40-12-2-3-13-43(40)36-51/h2-39H,1H3. The molecule has 12 rings (SSSR count). The molecule has 0 amide bonds. The molecular weight excluding hydrogens is 768 g/mol. The molecule has 1 aliphatic carbocycles. The Balaban J connectivity index is 0.995. The molecule has 1 heterocycles. The van der Waals surface area contributed by atoms with E-state index >= 15 is 0 Å². The van der Waals surface area contributed by atoms with Gasteiger partial charge in [0.2, 0.25) is 0 Å². The molecule has 11 aromatic rings. The van der Waals surface area contributed by atoms with Gasteiger partial charge in [0.1, 0.15) is 5.82 Å². The molecule has 0 N–H and O–H groups in total. The van der Waals surface area contributed by atoms with Crippen LogP contribution in [-0.2, 0) is 5.41 Å². The predicted octanol–water partition coefficient (Wildman–Crippen LogP) is 16.2. The second-order valence-corrected chi connectivity index (χ2v) is 16.8. The number of anilines is 3. The van der Waals surface area contributed by atoms with Crippen molar-refractivity contribution in [2.75, 3.05) is 4.90 Å². The Morgan fingerprint density at radius 2 is 0.984 bits per heavy atom. The number of hydrogen-bond acceptors (Lipinski definition) is 1. The van der Waals surface area contributed by atoms with Gasteiger partial charge in [0.15, 0.2) is 0 Å². The molecule has 1 aliphatic rings. The van der Waals surface area contributed by atoms with E-state index in [0.717, 1.165) is 45.0 Å². The third kappa shape index (κ3) is 6.00. The van der Waals surface area contributed by atoms with Crippen molar-refractivity contribution < 1.29 is 4.39 Å². The number of nitrogens with zero attached hydrogens (tertiary/aromatic N) is 2. The lowest BCUT2D eigenvalue weighted by molar-refractivity contribution is 0.628. The predicted molar refractivity (Wildman–Crippen MR) is 261 cm³/mol. The highest BCUT2D eigenvalue weighted by molar-refractivity contribution is 6.10. The van der Waals surface area contributed by atoms with E-state index in [9.17, 15) is 4.39 Å². The zero-order valence-corrected chi connectivity index (χ0v) is 34.7. The molecule has 0 aliphatic heterocycles. The fourth-order valence-corrected chi connectivity index (χ4v) is 10.2. The summed E-state index contributed by atoms with van der Waals surface area (Å²) in [5, 5.41) is 4.90. The molecule has 0 bridgehead atoms. The van der Waals surface area contributed by atoms with Gasteiger partial charge in [-0.3, -0.25) is 0 Å². The second-order valence-electron chi connectivity index (χ2n) is 16.8. The summed E-state index contributed by atoms with van der Waals surface area (Å²) in [6, 6.07) is 81.9. The number of aromatic nitrogens is 1. The number of rotatable bonds is 7. The summed E-state index contributed by atoms with van der Waals surface area (Å²) in [6.07, 6.45) is 0. The van der Waals surface area contributed by atoms with Gasteiger partial charge in [0, 0.05) is 38.9 Å². The first-order chi connectivity index (χ1) is 31.0. The van der Waals surface area contributed by atoms with Crippen molar-refractivity contribution in [2.45, 2.75) is 12.3 Å². The Hall–Kier alpha value is -8.01. The van der Waals surface area contributed by atoms with E-state index in [-0.39, 0.29) is 11.2 Å². The first-order valence-corrected chi connectivity index (χ1v) is 21.6. The lowest BCUT2D eigenvalue weighted by atomic mass is 9.74. The van der Waals surface area contributed by atoms with E-state index in [4.69, 9.17) is 0 Å². The zero-order valence-electron chi connectivity index (χ0n) is 34.7. The molecule has 0 unspecified atom stereocenters. The van der Waals surface area contributed by atoms with Crippen molar-refractivity contribution in [3.8, 4) is 39.1 Å². The SMILES string of the molecule is CC1(c2cccc(N(c3ccc(-c4ccc(F)cc4)cc3)c3cccc(-c4ccc5c(c4)c4ccccc4n5-c4ccc5ccccc5c4)c3)c2)c2ccccc2-c2ccccc21. The minimum absolute atomic E-state index is 0.239. The normalized spacial score (nSPS) is 12.7. The molecule has 298 valence electrons. The molecule has 63 heavy (non-hydrogen) atoms. The highest BCUT2D eigenvalue weighted by Crippen LogP contribution is 2.53. The van der Waals surface area contributed by atoms with E-state index in [1.54, 1.807) is 0 Å². The quantitative estimate of drug-likeness (QED) is 0.156. The minimum Gasteiger partial charge on any atom is -0.310 e. The monoisotopic (exact) mass is 808 g/mol. The van der Waals surface area contributed by atoms with Crippen LogP contribution in [0.3, 0.4) is 0 Å². The summed E-state index contributed by atoms with van der Waals surface area (Å²) in [6.45, 7) is 2.37. The summed E-state index contributed by atoms with van der Waals surface area (Å²) in [5.41, 5.74) is 17.0. The first-order valence-electron chi connectivity index (χ1n) is 21.6. The van der Waals surface area contributed by atoms with Gasteiger partial charge in [-0.2, -0.15) is 0 Å². The van der Waals surface area contributed by atoms with Gasteiger partial charge < -0.3 is 9.47 Å². The van der Waals surface area contributed by atoms with Gasteiger partial charge in [-0.25, -0.2) is 4.39 Å². The fourth-order valence-electron chi connectivity index (χ4n) is 10.2. The summed E-state index contributed by atoms with van der Waals surface area (Å²) in [7, 11) is 0. The average molecular weight is 809 g/mol. The molecule has 0 spiro atoms. The molecule has 10 aromatic carbocycles. The van der Waals surface area contributed by atoms with Crippen LogP contribution >= 0.6 is 0 Å². The molecule has 0 saturated carbocycles. The Labute approximate surface area is 366 Å². The molecular formula is C60H41FN2. The first kappa shape index (κ1) is 36.8. The fraction of sp³-hybridized carbons (Fsp3) is 0.0333. The van der Waals surface area contributed by atoms with Crippen LogP contribution in [0.4, 0.5) is 21.5 Å². The van der Waals surface area contributed by atoms with Gasteiger partial charge in [-0.05, 0) is 147 Å². The Morgan fingerprint density at radius 1 is 0.397 bits per heavy atom. The summed E-state index contributed by atoms with van der Waals surface area (Å²) >= 11 is 0. The van der Waals surface area contributed by atoms with Crippen LogP contribution in [0, 0.1) is 5.82 Å². The van der Waals surface area contributed by atoms with Crippen LogP contribution in [0.5, 0.6) is 0 Å². The lowest BCUT2D eigenvalue weighted by Gasteiger charge is -2.31. The maximum Gasteiger partial charge on any atom is 0.123 e. The summed E-state index contributed by atoms with van der Waals surface area (Å²) < 4.78 is 16.3. The maximum absolute atomic E-state index is 13.9. The largest absolute Gasteiger partial charge is 0.310 e. The number of benzene rings is 10. The number of para-hydroxylation sites is 1. The second kappa shape index (κ2) is 14.6. The van der Waals surface area contributed by atoms with E-state index in [1.807, 2.05) is 12.1 Å². The molecule has 0 atom stereocenters. The van der Waals surface area contributed by atoms with Crippen LogP contribution < -0.4 is 4.90 Å². The average Bonchev–Trinajstić information content (AvgIpc) is 3.82. The Morgan fingerprint density at radius 3 is 1.75 bits per heavy atom. The van der Waals surface area contributed by atoms with Crippen molar-refractivity contribution in [2.24, 2.45) is 0 Å². The number of hydrogen-bond donors (Lipinski definition) is 0. The molecule has 0 fully saturated rings. The van der Waals surface area contributed by atoms with Gasteiger partial charge in [-0.15, -0.1) is 0 Å². The smallest absolute Gasteiger partial charge is 0.123 e. The third-order valence-corrected chi connectivity index (χ3v) is 13.3. The van der Waals surface area contributed by atoms with Crippen molar-refractivity contribution in [1.82, 2.24) is 4.57 Å². The van der Waals surface area contributed by atoms with Crippen molar-refractivity contribution >= 4 is 49.6 Å². The number of halogens is 1. The van der Waals surface area contributed by atoms with Crippen LogP contribution in [0.25, 0.3) is 71.6 Å². The highest BCUT2D eigenvalue weighted by Gasteiger charge is 2.40.